The van der Waals surface area contributed by atoms with Gasteiger partial charge in [-0.25, -0.2) is 9.79 Å². The number of fused-ring (bicyclic) bond motifs is 1. The molecule has 2 aliphatic rings. The largest absolute Gasteiger partial charge is 0.478 e. The Hall–Kier alpha value is -1.95. The highest BCUT2D eigenvalue weighted by atomic mass is 32.2. The van der Waals surface area contributed by atoms with E-state index in [0.717, 1.165) is 35.1 Å². The summed E-state index contributed by atoms with van der Waals surface area (Å²) in [6, 6.07) is 7.86. The smallest absolute Gasteiger partial charge is 0.335 e. The van der Waals surface area contributed by atoms with E-state index in [1.807, 2.05) is 43.3 Å². The van der Waals surface area contributed by atoms with Gasteiger partial charge in [-0.15, -0.1) is 0 Å². The minimum Gasteiger partial charge on any atom is -0.478 e. The highest BCUT2D eigenvalue weighted by Gasteiger charge is 2.37. The summed E-state index contributed by atoms with van der Waals surface area (Å²) >= 11 is 1.71. The molecule has 6 heteroatoms. The first-order valence-electron chi connectivity index (χ1n) is 7.68. The molecule has 1 N–H and O–H groups in total. The van der Waals surface area contributed by atoms with Crippen molar-refractivity contribution in [2.45, 2.75) is 19.4 Å². The van der Waals surface area contributed by atoms with Crippen LogP contribution in [0.3, 0.4) is 0 Å². The molecule has 0 saturated carbocycles. The van der Waals surface area contributed by atoms with Gasteiger partial charge in [0.15, 0.2) is 5.17 Å². The first kappa shape index (κ1) is 15.9. The summed E-state index contributed by atoms with van der Waals surface area (Å²) in [7, 11) is 3.99. The number of anilines is 1. The molecule has 3 rings (SSSR count). The zero-order chi connectivity index (χ0) is 16.6. The third-order valence-electron chi connectivity index (χ3n) is 4.21. The molecule has 122 valence electrons. The molecule has 1 fully saturated rings. The summed E-state index contributed by atoms with van der Waals surface area (Å²) in [4.78, 5) is 20.5. The second-order valence-corrected chi connectivity index (χ2v) is 7.04. The van der Waals surface area contributed by atoms with Gasteiger partial charge in [0, 0.05) is 32.1 Å². The maximum atomic E-state index is 11.8. The molecule has 1 unspecified atom stereocenters. The molecular weight excluding hydrogens is 310 g/mol. The molecule has 0 aliphatic carbocycles. The van der Waals surface area contributed by atoms with E-state index in [4.69, 9.17) is 0 Å². The van der Waals surface area contributed by atoms with E-state index < -0.39 is 5.97 Å². The number of hydrogen-bond acceptors (Lipinski definition) is 5. The molecule has 0 spiro atoms. The normalized spacial score (nSPS) is 20.9. The molecule has 2 heterocycles. The van der Waals surface area contributed by atoms with Crippen molar-refractivity contribution in [3.05, 3.63) is 41.1 Å². The van der Waals surface area contributed by atoms with Crippen LogP contribution < -0.4 is 4.90 Å². The number of carboxylic acid groups (broad SMARTS) is 1. The number of aliphatic imine (C=N–C) groups is 1. The Balaban J connectivity index is 2.06. The number of aliphatic carboxylic acids is 1. The molecule has 23 heavy (non-hydrogen) atoms. The van der Waals surface area contributed by atoms with Crippen LogP contribution in [0, 0.1) is 0 Å². The van der Waals surface area contributed by atoms with Gasteiger partial charge in [0.25, 0.3) is 0 Å². The molecule has 1 saturated heterocycles. The van der Waals surface area contributed by atoms with Crippen LogP contribution >= 0.6 is 11.8 Å². The fraction of sp³-hybridized carbons (Fsp3) is 0.412. The lowest BCUT2D eigenvalue weighted by Gasteiger charge is -2.40. The van der Waals surface area contributed by atoms with Crippen molar-refractivity contribution in [3.8, 4) is 0 Å². The van der Waals surface area contributed by atoms with Gasteiger partial charge < -0.3 is 14.9 Å². The molecular formula is C17H21N3O2S. The van der Waals surface area contributed by atoms with Gasteiger partial charge in [-0.2, -0.15) is 0 Å². The third-order valence-corrected chi connectivity index (χ3v) is 5.29. The fourth-order valence-corrected chi connectivity index (χ4v) is 4.06. The molecule has 5 nitrogen and oxygen atoms in total. The number of carboxylic acids is 1. The summed E-state index contributed by atoms with van der Waals surface area (Å²) in [5.74, 6) is 0.152. The molecule has 0 amide bonds. The lowest BCUT2D eigenvalue weighted by atomic mass is 9.94. The maximum Gasteiger partial charge on any atom is 0.335 e. The van der Waals surface area contributed by atoms with Gasteiger partial charge in [0.2, 0.25) is 0 Å². The third kappa shape index (κ3) is 2.95. The van der Waals surface area contributed by atoms with Crippen molar-refractivity contribution in [2.24, 2.45) is 4.99 Å². The number of nitrogens with zero attached hydrogens (tertiary/aromatic N) is 3. The van der Waals surface area contributed by atoms with Crippen LogP contribution in [-0.4, -0.2) is 47.5 Å². The fourth-order valence-electron chi connectivity index (χ4n) is 3.04. The molecule has 1 atom stereocenters. The van der Waals surface area contributed by atoms with Crippen molar-refractivity contribution in [1.29, 1.82) is 0 Å². The highest BCUT2D eigenvalue weighted by molar-refractivity contribution is 8.13. The van der Waals surface area contributed by atoms with E-state index in [1.54, 1.807) is 18.7 Å². The predicted octanol–water partition coefficient (Wildman–Crippen LogP) is 2.96. The summed E-state index contributed by atoms with van der Waals surface area (Å²) in [5, 5.41) is 10.6. The van der Waals surface area contributed by atoms with Gasteiger partial charge in [-0.05, 0) is 31.0 Å². The van der Waals surface area contributed by atoms with Gasteiger partial charge in [0.05, 0.1) is 17.3 Å². The lowest BCUT2D eigenvalue weighted by molar-refractivity contribution is -0.133. The molecule has 2 aliphatic heterocycles. The second-order valence-electron chi connectivity index (χ2n) is 5.98. The van der Waals surface area contributed by atoms with E-state index >= 15 is 0 Å². The Bertz CT molecular complexity index is 680. The van der Waals surface area contributed by atoms with Crippen LogP contribution in [0.25, 0.3) is 0 Å². The first-order chi connectivity index (χ1) is 11.0. The van der Waals surface area contributed by atoms with Crippen molar-refractivity contribution in [2.75, 3.05) is 31.3 Å². The van der Waals surface area contributed by atoms with Crippen molar-refractivity contribution < 1.29 is 9.90 Å². The van der Waals surface area contributed by atoms with Crippen molar-refractivity contribution >= 4 is 28.6 Å². The number of rotatable bonds is 3. The van der Waals surface area contributed by atoms with Gasteiger partial charge >= 0.3 is 5.97 Å². The number of thioether (sulfide) groups is 1. The first-order valence-corrected chi connectivity index (χ1v) is 8.67. The maximum absolute atomic E-state index is 11.8. The summed E-state index contributed by atoms with van der Waals surface area (Å²) in [5.41, 5.74) is 3.10. The molecule has 1 aromatic rings. The number of carbonyl (C=O) groups is 1. The number of amidine groups is 1. The standard InChI is InChI=1S/C17H21N3O2S/c1-11-14(16(21)22)15(20-9-4-10-23-17(20)18-11)12-5-7-13(8-6-12)19(2)3/h5-8,15H,4,9-10H2,1-3H3,(H,21,22). The van der Waals surface area contributed by atoms with Gasteiger partial charge in [-0.1, -0.05) is 23.9 Å². The average molecular weight is 331 g/mol. The second kappa shape index (κ2) is 6.28. The number of allylic oxidation sites excluding steroid dienone is 1. The SMILES string of the molecule is CC1=C(C(=O)O)C(c2ccc(N(C)C)cc2)N2CCCSC2=N1. The number of hydrogen-bond donors (Lipinski definition) is 1. The summed E-state index contributed by atoms with van der Waals surface area (Å²) < 4.78 is 0. The van der Waals surface area contributed by atoms with Crippen LogP contribution in [0.15, 0.2) is 40.5 Å². The Kier molecular flexibility index (Phi) is 4.35. The van der Waals surface area contributed by atoms with Crippen LogP contribution in [0.4, 0.5) is 5.69 Å². The van der Waals surface area contributed by atoms with E-state index in [1.165, 1.54) is 0 Å². The van der Waals surface area contributed by atoms with Crippen molar-refractivity contribution in [3.63, 3.8) is 0 Å². The zero-order valence-corrected chi connectivity index (χ0v) is 14.4. The zero-order valence-electron chi connectivity index (χ0n) is 13.6. The highest BCUT2D eigenvalue weighted by Crippen LogP contribution is 2.39. The topological polar surface area (TPSA) is 56.1 Å². The van der Waals surface area contributed by atoms with E-state index in [2.05, 4.69) is 9.89 Å². The Morgan fingerprint density at radius 2 is 2.04 bits per heavy atom. The summed E-state index contributed by atoms with van der Waals surface area (Å²) in [6.45, 7) is 2.64. The summed E-state index contributed by atoms with van der Waals surface area (Å²) in [6.07, 6.45) is 1.04. The van der Waals surface area contributed by atoms with Gasteiger partial charge in [0.1, 0.15) is 0 Å². The average Bonchev–Trinajstić information content (AvgIpc) is 2.53. The van der Waals surface area contributed by atoms with E-state index in [9.17, 15) is 9.90 Å². The Labute approximate surface area is 140 Å². The monoisotopic (exact) mass is 331 g/mol. The van der Waals surface area contributed by atoms with Crippen molar-refractivity contribution in [1.82, 2.24) is 4.90 Å². The Morgan fingerprint density at radius 1 is 1.35 bits per heavy atom. The molecule has 1 aromatic carbocycles. The minimum absolute atomic E-state index is 0.260. The van der Waals surface area contributed by atoms with Crippen LogP contribution in [-0.2, 0) is 4.79 Å². The lowest BCUT2D eigenvalue weighted by Crippen LogP contribution is -2.42. The van der Waals surface area contributed by atoms with E-state index in [-0.39, 0.29) is 6.04 Å². The number of benzene rings is 1. The van der Waals surface area contributed by atoms with E-state index in [0.29, 0.717) is 11.3 Å². The molecule has 0 aromatic heterocycles. The van der Waals surface area contributed by atoms with Crippen LogP contribution in [0.2, 0.25) is 0 Å². The molecule has 0 radical (unpaired) electrons. The van der Waals surface area contributed by atoms with Gasteiger partial charge in [-0.3, -0.25) is 0 Å². The van der Waals surface area contributed by atoms with Crippen LogP contribution in [0.1, 0.15) is 24.9 Å². The molecule has 0 bridgehead atoms. The minimum atomic E-state index is -0.887. The predicted molar refractivity (Wildman–Crippen MR) is 95.1 cm³/mol. The Morgan fingerprint density at radius 3 is 2.65 bits per heavy atom. The van der Waals surface area contributed by atoms with Crippen LogP contribution in [0.5, 0.6) is 0 Å². The quantitative estimate of drug-likeness (QED) is 0.923.